The van der Waals surface area contributed by atoms with Crippen LogP contribution in [0.2, 0.25) is 0 Å². The van der Waals surface area contributed by atoms with Crippen LogP contribution in [0.3, 0.4) is 0 Å². The maximum atomic E-state index is 13.9. The number of fused-ring (bicyclic) bond motifs is 1. The first-order chi connectivity index (χ1) is 13.6. The minimum atomic E-state index is -0.578. The summed E-state index contributed by atoms with van der Waals surface area (Å²) >= 11 is 0. The molecule has 4 rings (SSSR count). The molecule has 1 heterocycles. The summed E-state index contributed by atoms with van der Waals surface area (Å²) in [7, 11) is 0. The van der Waals surface area contributed by atoms with Gasteiger partial charge in [0.1, 0.15) is 5.82 Å². The van der Waals surface area contributed by atoms with Crippen molar-refractivity contribution >= 4 is 22.7 Å². The highest BCUT2D eigenvalue weighted by atomic mass is 19.1. The summed E-state index contributed by atoms with van der Waals surface area (Å²) in [6, 6.07) is 20.7. The molecular weight excluding hydrogens is 359 g/mol. The number of oxazole rings is 1. The zero-order valence-electron chi connectivity index (χ0n) is 14.9. The number of nitrogens with one attached hydrogen (secondary N) is 1. The first kappa shape index (κ1) is 17.7. The maximum Gasteiger partial charge on any atom is 0.420 e. The highest BCUT2D eigenvalue weighted by molar-refractivity contribution is 5.94. The monoisotopic (exact) mass is 376 g/mol. The number of amides is 1. The van der Waals surface area contributed by atoms with Gasteiger partial charge < -0.3 is 9.73 Å². The van der Waals surface area contributed by atoms with E-state index in [0.717, 1.165) is 5.56 Å². The molecule has 28 heavy (non-hydrogen) atoms. The predicted octanol–water partition coefficient (Wildman–Crippen LogP) is 3.96. The average molecular weight is 376 g/mol. The van der Waals surface area contributed by atoms with E-state index in [-0.39, 0.29) is 24.7 Å². The Bertz CT molecular complexity index is 1200. The molecule has 0 saturated heterocycles. The lowest BCUT2D eigenvalue weighted by molar-refractivity contribution is -0.115. The Balaban J connectivity index is 1.56. The third kappa shape index (κ3) is 3.71. The summed E-state index contributed by atoms with van der Waals surface area (Å²) in [5, 5.41) is 2.80. The van der Waals surface area contributed by atoms with Crippen molar-refractivity contribution in [1.82, 2.24) is 4.57 Å². The smallest absolute Gasteiger partial charge is 0.408 e. The van der Waals surface area contributed by atoms with Crippen LogP contribution in [-0.4, -0.2) is 10.5 Å². The molecule has 6 heteroatoms. The van der Waals surface area contributed by atoms with Crippen molar-refractivity contribution in [2.75, 3.05) is 5.32 Å². The van der Waals surface area contributed by atoms with Gasteiger partial charge in [0.15, 0.2) is 5.58 Å². The largest absolute Gasteiger partial charge is 0.420 e. The lowest BCUT2D eigenvalue weighted by Gasteiger charge is -2.06. The van der Waals surface area contributed by atoms with Gasteiger partial charge in [-0.1, -0.05) is 48.5 Å². The first-order valence-electron chi connectivity index (χ1n) is 8.81. The van der Waals surface area contributed by atoms with Crippen LogP contribution >= 0.6 is 0 Å². The number of hydrogen-bond donors (Lipinski definition) is 1. The summed E-state index contributed by atoms with van der Waals surface area (Å²) in [4.78, 5) is 24.4. The molecule has 0 fully saturated rings. The van der Waals surface area contributed by atoms with Crippen molar-refractivity contribution in [2.45, 2.75) is 13.0 Å². The standard InChI is InChI=1S/C22H17FN2O3/c23-18-9-5-4-8-16(18)14-25-19-11-10-17(13-20(19)28-22(25)27)24-21(26)12-15-6-2-1-3-7-15/h1-11,13H,12,14H2,(H,24,26). The van der Waals surface area contributed by atoms with E-state index < -0.39 is 5.76 Å². The Labute approximate surface area is 160 Å². The number of carbonyl (C=O) groups is 1. The number of carbonyl (C=O) groups excluding carboxylic acids is 1. The van der Waals surface area contributed by atoms with Crippen LogP contribution in [-0.2, 0) is 17.8 Å². The van der Waals surface area contributed by atoms with Gasteiger partial charge in [0.25, 0.3) is 0 Å². The molecule has 4 aromatic rings. The van der Waals surface area contributed by atoms with E-state index in [0.29, 0.717) is 22.4 Å². The van der Waals surface area contributed by atoms with Crippen LogP contribution < -0.4 is 11.1 Å². The maximum absolute atomic E-state index is 13.9. The van der Waals surface area contributed by atoms with E-state index in [9.17, 15) is 14.0 Å². The van der Waals surface area contributed by atoms with E-state index >= 15 is 0 Å². The van der Waals surface area contributed by atoms with Gasteiger partial charge in [-0.3, -0.25) is 9.36 Å². The quantitative estimate of drug-likeness (QED) is 0.573. The number of aromatic nitrogens is 1. The molecule has 0 radical (unpaired) electrons. The molecule has 0 spiro atoms. The van der Waals surface area contributed by atoms with Crippen LogP contribution in [0.5, 0.6) is 0 Å². The van der Waals surface area contributed by atoms with E-state index in [2.05, 4.69) is 5.32 Å². The molecule has 140 valence electrons. The molecule has 0 bridgehead atoms. The average Bonchev–Trinajstić information content (AvgIpc) is 2.99. The van der Waals surface area contributed by atoms with E-state index in [1.165, 1.54) is 10.6 Å². The second-order valence-corrected chi connectivity index (χ2v) is 6.44. The minimum absolute atomic E-state index is 0.0677. The summed E-state index contributed by atoms with van der Waals surface area (Å²) in [5.41, 5.74) is 2.70. The highest BCUT2D eigenvalue weighted by Crippen LogP contribution is 2.20. The third-order valence-electron chi connectivity index (χ3n) is 4.45. The van der Waals surface area contributed by atoms with Crippen molar-refractivity contribution in [3.8, 4) is 0 Å². The van der Waals surface area contributed by atoms with Gasteiger partial charge in [0, 0.05) is 17.3 Å². The summed E-state index contributed by atoms with van der Waals surface area (Å²) in [6.07, 6.45) is 0.247. The highest BCUT2D eigenvalue weighted by Gasteiger charge is 2.13. The normalized spacial score (nSPS) is 10.9. The van der Waals surface area contributed by atoms with Crippen molar-refractivity contribution in [3.63, 3.8) is 0 Å². The molecule has 0 aliphatic rings. The number of nitrogens with zero attached hydrogens (tertiary/aromatic N) is 1. The van der Waals surface area contributed by atoms with Gasteiger partial charge in [-0.25, -0.2) is 9.18 Å². The predicted molar refractivity (Wildman–Crippen MR) is 105 cm³/mol. The van der Waals surface area contributed by atoms with Crippen LogP contribution in [0.15, 0.2) is 82.0 Å². The topological polar surface area (TPSA) is 64.2 Å². The summed E-state index contributed by atoms with van der Waals surface area (Å²) in [5.74, 6) is -1.13. The van der Waals surface area contributed by atoms with Gasteiger partial charge >= 0.3 is 5.76 Å². The zero-order valence-corrected chi connectivity index (χ0v) is 14.9. The number of halogens is 1. The molecule has 1 amide bonds. The molecule has 0 aliphatic carbocycles. The molecule has 3 aromatic carbocycles. The Kier molecular flexibility index (Phi) is 4.76. The Hall–Kier alpha value is -3.67. The second-order valence-electron chi connectivity index (χ2n) is 6.44. The minimum Gasteiger partial charge on any atom is -0.408 e. The van der Waals surface area contributed by atoms with Crippen LogP contribution in [0, 0.1) is 5.82 Å². The molecule has 0 aliphatic heterocycles. The fourth-order valence-electron chi connectivity index (χ4n) is 3.08. The number of rotatable bonds is 5. The Morgan fingerprint density at radius 3 is 2.54 bits per heavy atom. The lowest BCUT2D eigenvalue weighted by atomic mass is 10.1. The van der Waals surface area contributed by atoms with Crippen LogP contribution in [0.1, 0.15) is 11.1 Å². The van der Waals surface area contributed by atoms with Crippen molar-refractivity contribution < 1.29 is 13.6 Å². The molecule has 0 saturated carbocycles. The fourth-order valence-corrected chi connectivity index (χ4v) is 3.08. The molecule has 0 atom stereocenters. The van der Waals surface area contributed by atoms with Gasteiger partial charge in [-0.2, -0.15) is 0 Å². The number of hydrogen-bond acceptors (Lipinski definition) is 3. The molecule has 1 N–H and O–H groups in total. The van der Waals surface area contributed by atoms with E-state index in [1.807, 2.05) is 30.3 Å². The van der Waals surface area contributed by atoms with Gasteiger partial charge in [-0.05, 0) is 23.8 Å². The van der Waals surface area contributed by atoms with Crippen LogP contribution in [0.25, 0.3) is 11.1 Å². The first-order valence-corrected chi connectivity index (χ1v) is 8.81. The Morgan fingerprint density at radius 1 is 1.00 bits per heavy atom. The van der Waals surface area contributed by atoms with Crippen molar-refractivity contribution in [3.05, 3.63) is 100 Å². The van der Waals surface area contributed by atoms with E-state index in [1.54, 1.807) is 36.4 Å². The molecular formula is C22H17FN2O3. The number of benzene rings is 3. The molecule has 1 aromatic heterocycles. The third-order valence-corrected chi connectivity index (χ3v) is 4.45. The molecule has 0 unspecified atom stereocenters. The van der Waals surface area contributed by atoms with Crippen molar-refractivity contribution in [2.24, 2.45) is 0 Å². The number of anilines is 1. The van der Waals surface area contributed by atoms with Crippen molar-refractivity contribution in [1.29, 1.82) is 0 Å². The van der Waals surface area contributed by atoms with Gasteiger partial charge in [-0.15, -0.1) is 0 Å². The van der Waals surface area contributed by atoms with Gasteiger partial charge in [0.05, 0.1) is 18.5 Å². The fraction of sp³-hybridized carbons (Fsp3) is 0.0909. The summed E-state index contributed by atoms with van der Waals surface area (Å²) < 4.78 is 20.6. The van der Waals surface area contributed by atoms with Gasteiger partial charge in [0.2, 0.25) is 5.91 Å². The van der Waals surface area contributed by atoms with Crippen LogP contribution in [0.4, 0.5) is 10.1 Å². The molecule has 5 nitrogen and oxygen atoms in total. The van der Waals surface area contributed by atoms with E-state index in [4.69, 9.17) is 4.42 Å². The lowest BCUT2D eigenvalue weighted by Crippen LogP contribution is -2.15. The Morgan fingerprint density at radius 2 is 1.75 bits per heavy atom. The SMILES string of the molecule is O=C(Cc1ccccc1)Nc1ccc2c(c1)oc(=O)n2Cc1ccccc1F. The second kappa shape index (κ2) is 7.52. The zero-order chi connectivity index (χ0) is 19.5. The summed E-state index contributed by atoms with van der Waals surface area (Å²) in [6.45, 7) is 0.0677.